The summed E-state index contributed by atoms with van der Waals surface area (Å²) in [5.41, 5.74) is -0.245. The van der Waals surface area contributed by atoms with Crippen molar-refractivity contribution < 1.29 is 17.9 Å². The molecule has 1 rings (SSSR count). The predicted octanol–water partition coefficient (Wildman–Crippen LogP) is 2.83. The molecule has 0 bridgehead atoms. The van der Waals surface area contributed by atoms with Crippen LogP contribution in [0.15, 0.2) is 18.2 Å². The lowest BCUT2D eigenvalue weighted by atomic mass is 10.1. The standard InChI is InChI=1S/C13H14F3NO/c1-3-7-18-12-6-5-10(9-17-4-2)8-11(12)13(14,15)16/h1,5-6,8,17H,4,7,9H2,2H3. The molecule has 1 N–H and O–H groups in total. The van der Waals surface area contributed by atoms with E-state index in [-0.39, 0.29) is 12.4 Å². The Morgan fingerprint density at radius 3 is 2.67 bits per heavy atom. The molecule has 18 heavy (non-hydrogen) atoms. The van der Waals surface area contributed by atoms with Gasteiger partial charge in [0.15, 0.2) is 0 Å². The fourth-order valence-electron chi connectivity index (χ4n) is 1.42. The van der Waals surface area contributed by atoms with Crippen LogP contribution in [0, 0.1) is 12.3 Å². The summed E-state index contributed by atoms with van der Waals surface area (Å²) in [6.45, 7) is 2.77. The maximum Gasteiger partial charge on any atom is 0.419 e. The summed E-state index contributed by atoms with van der Waals surface area (Å²) >= 11 is 0. The molecule has 1 aromatic carbocycles. The molecule has 0 saturated carbocycles. The molecule has 0 aliphatic heterocycles. The van der Waals surface area contributed by atoms with Gasteiger partial charge in [0.1, 0.15) is 12.4 Å². The SMILES string of the molecule is C#CCOc1ccc(CNCC)cc1C(F)(F)F. The Morgan fingerprint density at radius 1 is 1.39 bits per heavy atom. The van der Waals surface area contributed by atoms with Gasteiger partial charge in [-0.05, 0) is 24.2 Å². The summed E-state index contributed by atoms with van der Waals surface area (Å²) in [7, 11) is 0. The lowest BCUT2D eigenvalue weighted by Crippen LogP contribution is -2.14. The van der Waals surface area contributed by atoms with E-state index in [9.17, 15) is 13.2 Å². The first-order chi connectivity index (χ1) is 8.49. The molecule has 0 aliphatic carbocycles. The van der Waals surface area contributed by atoms with Gasteiger partial charge in [0, 0.05) is 6.54 Å². The largest absolute Gasteiger partial charge is 0.480 e. The molecule has 0 aliphatic rings. The minimum atomic E-state index is -4.45. The Kier molecular flexibility index (Phi) is 5.05. The van der Waals surface area contributed by atoms with Crippen LogP contribution in [-0.4, -0.2) is 13.2 Å². The molecule has 0 spiro atoms. The van der Waals surface area contributed by atoms with Gasteiger partial charge in [-0.2, -0.15) is 13.2 Å². The third kappa shape index (κ3) is 3.97. The summed E-state index contributed by atoms with van der Waals surface area (Å²) in [5.74, 6) is 1.91. The van der Waals surface area contributed by atoms with E-state index in [1.165, 1.54) is 6.07 Å². The van der Waals surface area contributed by atoms with E-state index in [4.69, 9.17) is 11.2 Å². The third-order valence-electron chi connectivity index (χ3n) is 2.24. The van der Waals surface area contributed by atoms with Crippen molar-refractivity contribution in [1.82, 2.24) is 5.32 Å². The highest BCUT2D eigenvalue weighted by Crippen LogP contribution is 2.36. The van der Waals surface area contributed by atoms with Crippen LogP contribution < -0.4 is 10.1 Å². The summed E-state index contributed by atoms with van der Waals surface area (Å²) in [4.78, 5) is 0. The molecular weight excluding hydrogens is 243 g/mol. The molecule has 0 atom stereocenters. The lowest BCUT2D eigenvalue weighted by Gasteiger charge is -2.14. The Bertz CT molecular complexity index is 435. The first kappa shape index (κ1) is 14.4. The Labute approximate surface area is 104 Å². The molecule has 0 fully saturated rings. The van der Waals surface area contributed by atoms with Crippen molar-refractivity contribution >= 4 is 0 Å². The van der Waals surface area contributed by atoms with Crippen molar-refractivity contribution in [3.63, 3.8) is 0 Å². The van der Waals surface area contributed by atoms with Crippen LogP contribution in [0.1, 0.15) is 18.1 Å². The first-order valence-electron chi connectivity index (χ1n) is 5.46. The molecule has 0 radical (unpaired) electrons. The highest BCUT2D eigenvalue weighted by atomic mass is 19.4. The molecule has 0 unspecified atom stereocenters. The third-order valence-corrected chi connectivity index (χ3v) is 2.24. The molecule has 0 heterocycles. The summed E-state index contributed by atoms with van der Waals surface area (Å²) < 4.78 is 43.4. The van der Waals surface area contributed by atoms with Gasteiger partial charge in [0.2, 0.25) is 0 Å². The van der Waals surface area contributed by atoms with Gasteiger partial charge in [-0.1, -0.05) is 18.9 Å². The lowest BCUT2D eigenvalue weighted by molar-refractivity contribution is -0.138. The van der Waals surface area contributed by atoms with Crippen LogP contribution in [0.4, 0.5) is 13.2 Å². The second-order valence-electron chi connectivity index (χ2n) is 3.60. The van der Waals surface area contributed by atoms with Gasteiger partial charge in [0.05, 0.1) is 5.56 Å². The molecule has 0 aromatic heterocycles. The highest BCUT2D eigenvalue weighted by Gasteiger charge is 2.34. The minimum Gasteiger partial charge on any atom is -0.480 e. The monoisotopic (exact) mass is 257 g/mol. The number of ether oxygens (including phenoxy) is 1. The van der Waals surface area contributed by atoms with Crippen LogP contribution in [0.5, 0.6) is 5.75 Å². The van der Waals surface area contributed by atoms with Crippen molar-refractivity contribution in [3.8, 4) is 18.1 Å². The normalized spacial score (nSPS) is 11.1. The Hall–Kier alpha value is -1.67. The van der Waals surface area contributed by atoms with Crippen LogP contribution in [0.3, 0.4) is 0 Å². The highest BCUT2D eigenvalue weighted by molar-refractivity contribution is 5.39. The smallest absolute Gasteiger partial charge is 0.419 e. The van der Waals surface area contributed by atoms with Gasteiger partial charge < -0.3 is 10.1 Å². The van der Waals surface area contributed by atoms with E-state index in [1.807, 2.05) is 6.92 Å². The zero-order valence-electron chi connectivity index (χ0n) is 9.97. The first-order valence-corrected chi connectivity index (χ1v) is 5.46. The summed E-state index contributed by atoms with van der Waals surface area (Å²) in [6.07, 6.45) is 0.513. The van der Waals surface area contributed by atoms with Gasteiger partial charge in [0.25, 0.3) is 0 Å². The van der Waals surface area contributed by atoms with Crippen LogP contribution in [-0.2, 0) is 12.7 Å². The quantitative estimate of drug-likeness (QED) is 0.819. The number of halogens is 3. The van der Waals surface area contributed by atoms with E-state index in [0.29, 0.717) is 18.7 Å². The topological polar surface area (TPSA) is 21.3 Å². The average Bonchev–Trinajstić information content (AvgIpc) is 2.33. The van der Waals surface area contributed by atoms with E-state index < -0.39 is 11.7 Å². The van der Waals surface area contributed by atoms with E-state index >= 15 is 0 Å². The maximum absolute atomic E-state index is 12.8. The number of alkyl halides is 3. The molecule has 0 saturated heterocycles. The number of rotatable bonds is 5. The van der Waals surface area contributed by atoms with Crippen molar-refractivity contribution in [1.29, 1.82) is 0 Å². The zero-order valence-corrected chi connectivity index (χ0v) is 9.97. The average molecular weight is 257 g/mol. The Balaban J connectivity index is 3.01. The van der Waals surface area contributed by atoms with Crippen LogP contribution >= 0.6 is 0 Å². The minimum absolute atomic E-state index is 0.185. The van der Waals surface area contributed by atoms with Crippen molar-refractivity contribution in [2.75, 3.05) is 13.2 Å². The molecular formula is C13H14F3NO. The fourth-order valence-corrected chi connectivity index (χ4v) is 1.42. The predicted molar refractivity (Wildman–Crippen MR) is 63.2 cm³/mol. The van der Waals surface area contributed by atoms with Crippen LogP contribution in [0.2, 0.25) is 0 Å². The number of nitrogens with one attached hydrogen (secondary N) is 1. The molecule has 5 heteroatoms. The van der Waals surface area contributed by atoms with E-state index in [2.05, 4.69) is 11.2 Å². The van der Waals surface area contributed by atoms with Gasteiger partial charge in [-0.3, -0.25) is 0 Å². The van der Waals surface area contributed by atoms with Gasteiger partial charge in [-0.25, -0.2) is 0 Å². The number of hydrogen-bond donors (Lipinski definition) is 1. The van der Waals surface area contributed by atoms with Gasteiger partial charge in [-0.15, -0.1) is 6.42 Å². The van der Waals surface area contributed by atoms with Crippen molar-refractivity contribution in [3.05, 3.63) is 29.3 Å². The zero-order chi connectivity index (χ0) is 13.6. The second-order valence-corrected chi connectivity index (χ2v) is 3.60. The number of hydrogen-bond acceptors (Lipinski definition) is 2. The van der Waals surface area contributed by atoms with E-state index in [0.717, 1.165) is 6.07 Å². The fraction of sp³-hybridized carbons (Fsp3) is 0.385. The molecule has 98 valence electrons. The Morgan fingerprint density at radius 2 is 2.11 bits per heavy atom. The molecule has 0 amide bonds. The van der Waals surface area contributed by atoms with Crippen LogP contribution in [0.25, 0.3) is 0 Å². The van der Waals surface area contributed by atoms with Crippen molar-refractivity contribution in [2.45, 2.75) is 19.6 Å². The van der Waals surface area contributed by atoms with E-state index in [1.54, 1.807) is 6.07 Å². The summed E-state index contributed by atoms with van der Waals surface area (Å²) in [6, 6.07) is 3.96. The number of benzene rings is 1. The maximum atomic E-state index is 12.8. The van der Waals surface area contributed by atoms with Crippen molar-refractivity contribution in [2.24, 2.45) is 0 Å². The second kappa shape index (κ2) is 6.31. The summed E-state index contributed by atoms with van der Waals surface area (Å²) in [5, 5.41) is 2.97. The number of terminal acetylenes is 1. The molecule has 1 aromatic rings. The molecule has 2 nitrogen and oxygen atoms in total. The van der Waals surface area contributed by atoms with Gasteiger partial charge >= 0.3 is 6.18 Å².